The van der Waals surface area contributed by atoms with Crippen molar-refractivity contribution >= 4 is 5.97 Å². The van der Waals surface area contributed by atoms with Gasteiger partial charge in [-0.15, -0.1) is 0 Å². The van der Waals surface area contributed by atoms with Gasteiger partial charge in [-0.1, -0.05) is 34.6 Å². The topological polar surface area (TPSA) is 75.4 Å². The van der Waals surface area contributed by atoms with E-state index in [1.807, 2.05) is 34.6 Å². The summed E-state index contributed by atoms with van der Waals surface area (Å²) < 4.78 is 5.62. The molecule has 0 aliphatic heterocycles. The molecule has 0 saturated carbocycles. The number of aromatic nitrogens is 1. The molecule has 19 heavy (non-hydrogen) atoms. The summed E-state index contributed by atoms with van der Waals surface area (Å²) in [5.41, 5.74) is -0.0879. The first-order valence-corrected chi connectivity index (χ1v) is 6.61. The highest BCUT2D eigenvalue weighted by molar-refractivity contribution is 5.73. The molecule has 1 rings (SSSR count). The Morgan fingerprint density at radius 1 is 1.47 bits per heavy atom. The molecule has 1 aromatic heterocycles. The molecule has 0 saturated heterocycles. The van der Waals surface area contributed by atoms with Crippen LogP contribution in [0.1, 0.15) is 52.7 Å². The summed E-state index contributed by atoms with van der Waals surface area (Å²) in [5.74, 6) is 0.819. The van der Waals surface area contributed by atoms with Crippen LogP contribution in [0.5, 0.6) is 0 Å². The van der Waals surface area contributed by atoms with Crippen LogP contribution < -0.4 is 5.32 Å². The van der Waals surface area contributed by atoms with Crippen LogP contribution >= 0.6 is 0 Å². The Bertz CT molecular complexity index is 419. The number of nitrogens with one attached hydrogen (secondary N) is 1. The molecule has 1 unspecified atom stereocenters. The molecule has 5 nitrogen and oxygen atoms in total. The van der Waals surface area contributed by atoms with Crippen LogP contribution in [0, 0.1) is 5.92 Å². The van der Waals surface area contributed by atoms with E-state index in [-0.39, 0.29) is 5.41 Å². The lowest BCUT2D eigenvalue weighted by Crippen LogP contribution is -2.37. The van der Waals surface area contributed by atoms with E-state index in [2.05, 4.69) is 10.3 Å². The third-order valence-electron chi connectivity index (χ3n) is 2.80. The van der Waals surface area contributed by atoms with Crippen LogP contribution in [0.25, 0.3) is 0 Å². The maximum atomic E-state index is 11.1. The van der Waals surface area contributed by atoms with Gasteiger partial charge in [0, 0.05) is 5.41 Å². The standard InChI is InChI=1S/C14H24N2O3/c1-9(2)6-10(13(17)18)15-8-12-16-7-11(19-12)14(3,4)5/h7,9-10,15H,6,8H2,1-5H3,(H,17,18). The van der Waals surface area contributed by atoms with E-state index in [4.69, 9.17) is 9.52 Å². The summed E-state index contributed by atoms with van der Waals surface area (Å²) in [6.45, 7) is 10.5. The molecule has 1 atom stereocenters. The predicted octanol–water partition coefficient (Wildman–Crippen LogP) is 2.56. The zero-order valence-corrected chi connectivity index (χ0v) is 12.4. The predicted molar refractivity (Wildman–Crippen MR) is 72.9 cm³/mol. The fraction of sp³-hybridized carbons (Fsp3) is 0.714. The van der Waals surface area contributed by atoms with Gasteiger partial charge in [-0.3, -0.25) is 10.1 Å². The van der Waals surface area contributed by atoms with Gasteiger partial charge in [-0.05, 0) is 12.3 Å². The molecule has 5 heteroatoms. The lowest BCUT2D eigenvalue weighted by Gasteiger charge is -2.15. The van der Waals surface area contributed by atoms with Crippen LogP contribution in [-0.2, 0) is 16.8 Å². The molecule has 108 valence electrons. The molecule has 0 aliphatic carbocycles. The highest BCUT2D eigenvalue weighted by atomic mass is 16.4. The summed E-state index contributed by atoms with van der Waals surface area (Å²) in [6, 6.07) is -0.565. The van der Waals surface area contributed by atoms with E-state index in [1.165, 1.54) is 0 Å². The van der Waals surface area contributed by atoms with Crippen LogP contribution in [0.4, 0.5) is 0 Å². The van der Waals surface area contributed by atoms with Gasteiger partial charge in [-0.25, -0.2) is 4.98 Å². The molecule has 0 amide bonds. The van der Waals surface area contributed by atoms with Gasteiger partial charge in [0.15, 0.2) is 0 Å². The highest BCUT2D eigenvalue weighted by Gasteiger charge is 2.21. The minimum Gasteiger partial charge on any atom is -0.480 e. The third kappa shape index (κ3) is 5.03. The molecule has 0 aliphatic rings. The monoisotopic (exact) mass is 268 g/mol. The Hall–Kier alpha value is -1.36. The Labute approximate surface area is 114 Å². The summed E-state index contributed by atoms with van der Waals surface area (Å²) in [4.78, 5) is 15.3. The van der Waals surface area contributed by atoms with Crippen molar-refractivity contribution in [1.82, 2.24) is 10.3 Å². The summed E-state index contributed by atoms with van der Waals surface area (Å²) in [5, 5.41) is 12.1. The lowest BCUT2D eigenvalue weighted by molar-refractivity contribution is -0.140. The highest BCUT2D eigenvalue weighted by Crippen LogP contribution is 2.22. The molecule has 0 bridgehead atoms. The number of carboxylic acids is 1. The summed E-state index contributed by atoms with van der Waals surface area (Å²) in [6.07, 6.45) is 2.29. The maximum absolute atomic E-state index is 11.1. The van der Waals surface area contributed by atoms with E-state index in [0.717, 1.165) is 5.76 Å². The molecule has 0 aromatic carbocycles. The Kier molecular flexibility index (Phi) is 5.11. The second-order valence-corrected chi connectivity index (χ2v) is 6.27. The van der Waals surface area contributed by atoms with Crippen LogP contribution in [0.3, 0.4) is 0 Å². The summed E-state index contributed by atoms with van der Waals surface area (Å²) in [7, 11) is 0. The van der Waals surface area contributed by atoms with Gasteiger partial charge in [0.2, 0.25) is 5.89 Å². The Balaban J connectivity index is 2.60. The molecular formula is C14H24N2O3. The normalized spacial score (nSPS) is 13.8. The van der Waals surface area contributed by atoms with Crippen molar-refractivity contribution in [3.63, 3.8) is 0 Å². The Morgan fingerprint density at radius 2 is 2.11 bits per heavy atom. The van der Waals surface area contributed by atoms with Crippen molar-refractivity contribution in [2.45, 2.75) is 59.0 Å². The average Bonchev–Trinajstić information content (AvgIpc) is 2.71. The van der Waals surface area contributed by atoms with Gasteiger partial charge in [0.1, 0.15) is 11.8 Å². The van der Waals surface area contributed by atoms with Crippen molar-refractivity contribution in [2.24, 2.45) is 5.92 Å². The largest absolute Gasteiger partial charge is 0.480 e. The molecule has 1 heterocycles. The molecule has 0 fully saturated rings. The zero-order valence-electron chi connectivity index (χ0n) is 12.4. The number of carbonyl (C=O) groups is 1. The smallest absolute Gasteiger partial charge is 0.320 e. The first-order chi connectivity index (χ1) is 8.70. The fourth-order valence-electron chi connectivity index (χ4n) is 1.69. The van der Waals surface area contributed by atoms with E-state index >= 15 is 0 Å². The van der Waals surface area contributed by atoms with E-state index in [1.54, 1.807) is 6.20 Å². The molecule has 0 radical (unpaired) electrons. The number of oxazole rings is 1. The number of rotatable bonds is 6. The van der Waals surface area contributed by atoms with Crippen molar-refractivity contribution in [1.29, 1.82) is 0 Å². The quantitative estimate of drug-likeness (QED) is 0.829. The number of aliphatic carboxylic acids is 1. The van der Waals surface area contributed by atoms with Crippen molar-refractivity contribution in [3.05, 3.63) is 17.8 Å². The van der Waals surface area contributed by atoms with E-state index in [0.29, 0.717) is 24.8 Å². The first-order valence-electron chi connectivity index (χ1n) is 6.61. The molecule has 0 spiro atoms. The SMILES string of the molecule is CC(C)CC(NCc1ncc(C(C)(C)C)o1)C(=O)O. The average molecular weight is 268 g/mol. The second kappa shape index (κ2) is 6.19. The number of carboxylic acid groups (broad SMARTS) is 1. The minimum atomic E-state index is -0.837. The second-order valence-electron chi connectivity index (χ2n) is 6.27. The number of hydrogen-bond donors (Lipinski definition) is 2. The van der Waals surface area contributed by atoms with E-state index < -0.39 is 12.0 Å². The number of nitrogens with zero attached hydrogens (tertiary/aromatic N) is 1. The van der Waals surface area contributed by atoms with E-state index in [9.17, 15) is 4.79 Å². The maximum Gasteiger partial charge on any atom is 0.320 e. The first kappa shape index (κ1) is 15.7. The number of hydrogen-bond acceptors (Lipinski definition) is 4. The zero-order chi connectivity index (χ0) is 14.6. The van der Waals surface area contributed by atoms with Crippen LogP contribution in [0.2, 0.25) is 0 Å². The van der Waals surface area contributed by atoms with Gasteiger partial charge in [0.25, 0.3) is 0 Å². The minimum absolute atomic E-state index is 0.0879. The Morgan fingerprint density at radius 3 is 2.53 bits per heavy atom. The van der Waals surface area contributed by atoms with Gasteiger partial charge >= 0.3 is 5.97 Å². The van der Waals surface area contributed by atoms with Crippen molar-refractivity contribution in [3.8, 4) is 0 Å². The van der Waals surface area contributed by atoms with Crippen LogP contribution in [-0.4, -0.2) is 22.1 Å². The third-order valence-corrected chi connectivity index (χ3v) is 2.80. The van der Waals surface area contributed by atoms with Crippen LogP contribution in [0.15, 0.2) is 10.6 Å². The van der Waals surface area contributed by atoms with Gasteiger partial charge in [0.05, 0.1) is 12.7 Å². The molecule has 2 N–H and O–H groups in total. The fourth-order valence-corrected chi connectivity index (χ4v) is 1.69. The molecular weight excluding hydrogens is 244 g/mol. The lowest BCUT2D eigenvalue weighted by atomic mass is 9.94. The van der Waals surface area contributed by atoms with Gasteiger partial charge < -0.3 is 9.52 Å². The van der Waals surface area contributed by atoms with Gasteiger partial charge in [-0.2, -0.15) is 0 Å². The van der Waals surface area contributed by atoms with Crippen molar-refractivity contribution < 1.29 is 14.3 Å². The van der Waals surface area contributed by atoms with Crippen molar-refractivity contribution in [2.75, 3.05) is 0 Å². The summed E-state index contributed by atoms with van der Waals surface area (Å²) >= 11 is 0. The molecule has 1 aromatic rings.